The van der Waals surface area contributed by atoms with E-state index in [9.17, 15) is 10.1 Å². The van der Waals surface area contributed by atoms with Gasteiger partial charge in [-0.3, -0.25) is 0 Å². The summed E-state index contributed by atoms with van der Waals surface area (Å²) in [6.07, 6.45) is 2.99. The minimum atomic E-state index is -0.627. The van der Waals surface area contributed by atoms with Gasteiger partial charge < -0.3 is 10.1 Å². The molecule has 0 amide bonds. The lowest BCUT2D eigenvalue weighted by molar-refractivity contribution is -0.389. The Balaban J connectivity index is 1.64. The van der Waals surface area contributed by atoms with E-state index >= 15 is 0 Å². The summed E-state index contributed by atoms with van der Waals surface area (Å²) in [4.78, 5) is 24.9. The molecule has 0 aliphatic carbocycles. The Morgan fingerprint density at radius 3 is 2.86 bits per heavy atom. The molecule has 12 heteroatoms. The minimum Gasteiger partial charge on any atom is -0.358 e. The second kappa shape index (κ2) is 5.91. The van der Waals surface area contributed by atoms with E-state index < -0.39 is 10.7 Å². The molecule has 0 unspecified atom stereocenters. The number of thiophene rings is 1. The van der Waals surface area contributed by atoms with Crippen LogP contribution in [-0.4, -0.2) is 39.3 Å². The SMILES string of the molecule is Cc1cc(C)c2c(n1)sc1c2ncn2nc(Cn3cc(Cl)c([N+](=O)[O-])n3)nc12. The van der Waals surface area contributed by atoms with E-state index in [1.165, 1.54) is 22.2 Å². The van der Waals surface area contributed by atoms with Crippen LogP contribution in [0, 0.1) is 24.0 Å². The largest absolute Gasteiger partial charge is 0.408 e. The van der Waals surface area contributed by atoms with Crippen LogP contribution in [0.15, 0.2) is 18.6 Å². The number of aryl methyl sites for hydroxylation is 2. The van der Waals surface area contributed by atoms with Crippen molar-refractivity contribution in [3.8, 4) is 0 Å². The third-order valence-electron chi connectivity index (χ3n) is 4.31. The van der Waals surface area contributed by atoms with E-state index in [0.717, 1.165) is 31.7 Å². The van der Waals surface area contributed by atoms with Gasteiger partial charge in [0.25, 0.3) is 0 Å². The highest BCUT2D eigenvalue weighted by atomic mass is 35.5. The number of rotatable bonds is 3. The Kier molecular flexibility index (Phi) is 3.58. The standard InChI is InChI=1S/C16H11ClN8O2S/c1-7-3-8(2)19-16-11(7)12-13(28-16)15-20-10(21-24(15)6-18-12)5-23-4-9(17)14(22-23)25(26)27/h3-4,6H,5H2,1-2H3. The summed E-state index contributed by atoms with van der Waals surface area (Å²) >= 11 is 7.37. The Morgan fingerprint density at radius 2 is 2.11 bits per heavy atom. The lowest BCUT2D eigenvalue weighted by Crippen LogP contribution is -2.03. The normalized spacial score (nSPS) is 11.8. The van der Waals surface area contributed by atoms with Crippen molar-refractivity contribution in [3.63, 3.8) is 0 Å². The van der Waals surface area contributed by atoms with Gasteiger partial charge in [-0.2, -0.15) is 4.68 Å². The average Bonchev–Trinajstić information content (AvgIpc) is 3.28. The maximum absolute atomic E-state index is 10.9. The van der Waals surface area contributed by atoms with E-state index in [2.05, 4.69) is 25.1 Å². The second-order valence-electron chi connectivity index (χ2n) is 6.34. The highest BCUT2D eigenvalue weighted by Crippen LogP contribution is 2.35. The maximum atomic E-state index is 10.9. The molecule has 0 aliphatic rings. The van der Waals surface area contributed by atoms with Gasteiger partial charge in [-0.15, -0.1) is 16.4 Å². The summed E-state index contributed by atoms with van der Waals surface area (Å²) < 4.78 is 3.83. The topological polar surface area (TPSA) is 117 Å². The molecule has 5 aromatic rings. The molecule has 5 heterocycles. The number of fused-ring (bicyclic) bond motifs is 5. The first-order chi connectivity index (χ1) is 13.4. The number of hydrogen-bond acceptors (Lipinski definition) is 8. The molecule has 0 saturated carbocycles. The zero-order chi connectivity index (χ0) is 19.6. The van der Waals surface area contributed by atoms with Crippen molar-refractivity contribution in [2.24, 2.45) is 0 Å². The number of pyridine rings is 1. The number of halogens is 1. The molecule has 0 atom stereocenters. The summed E-state index contributed by atoms with van der Waals surface area (Å²) in [7, 11) is 0. The van der Waals surface area contributed by atoms with E-state index in [1.54, 1.807) is 10.8 Å². The van der Waals surface area contributed by atoms with Gasteiger partial charge >= 0.3 is 5.82 Å². The molecule has 0 N–H and O–H groups in total. The average molecular weight is 415 g/mol. The molecular formula is C16H11ClN8O2S. The van der Waals surface area contributed by atoms with Gasteiger partial charge in [0.1, 0.15) is 22.4 Å². The van der Waals surface area contributed by atoms with Crippen LogP contribution in [0.25, 0.3) is 26.1 Å². The predicted octanol–water partition coefficient (Wildman–Crippen LogP) is 3.31. The van der Waals surface area contributed by atoms with Crippen LogP contribution in [0.3, 0.4) is 0 Å². The Hall–Kier alpha value is -3.18. The number of hydrogen-bond donors (Lipinski definition) is 0. The second-order valence-corrected chi connectivity index (χ2v) is 7.74. The Bertz CT molecular complexity index is 1420. The lowest BCUT2D eigenvalue weighted by Gasteiger charge is -1.98. The quantitative estimate of drug-likeness (QED) is 0.328. The van der Waals surface area contributed by atoms with Crippen molar-refractivity contribution in [3.05, 3.63) is 50.8 Å². The zero-order valence-electron chi connectivity index (χ0n) is 14.6. The van der Waals surface area contributed by atoms with Crippen LogP contribution in [-0.2, 0) is 6.54 Å². The number of aromatic nitrogens is 7. The summed E-state index contributed by atoms with van der Waals surface area (Å²) in [6, 6.07) is 2.03. The molecule has 28 heavy (non-hydrogen) atoms. The van der Waals surface area contributed by atoms with Crippen molar-refractivity contribution in [1.29, 1.82) is 0 Å². The fraction of sp³-hybridized carbons (Fsp3) is 0.188. The van der Waals surface area contributed by atoms with Crippen LogP contribution in [0.4, 0.5) is 5.82 Å². The molecule has 5 rings (SSSR count). The molecule has 0 aromatic carbocycles. The summed E-state index contributed by atoms with van der Waals surface area (Å²) in [5, 5.41) is 20.2. The predicted molar refractivity (Wildman–Crippen MR) is 104 cm³/mol. The van der Waals surface area contributed by atoms with Crippen LogP contribution in [0.5, 0.6) is 0 Å². The van der Waals surface area contributed by atoms with Gasteiger partial charge in [0.05, 0.1) is 16.8 Å². The molecule has 140 valence electrons. The van der Waals surface area contributed by atoms with Crippen LogP contribution in [0.2, 0.25) is 5.02 Å². The Labute approximate surface area is 165 Å². The van der Waals surface area contributed by atoms with Crippen molar-refractivity contribution in [1.82, 2.24) is 34.3 Å². The minimum absolute atomic E-state index is 0.0285. The summed E-state index contributed by atoms with van der Waals surface area (Å²) in [5.74, 6) is 0.0533. The molecule has 0 radical (unpaired) electrons. The monoisotopic (exact) mass is 414 g/mol. The van der Waals surface area contributed by atoms with Crippen molar-refractivity contribution in [2.45, 2.75) is 20.4 Å². The van der Waals surface area contributed by atoms with Crippen molar-refractivity contribution in [2.75, 3.05) is 0 Å². The lowest BCUT2D eigenvalue weighted by atomic mass is 10.1. The molecule has 0 fully saturated rings. The third-order valence-corrected chi connectivity index (χ3v) is 5.65. The first kappa shape index (κ1) is 17.0. The van der Waals surface area contributed by atoms with Crippen LogP contribution >= 0.6 is 22.9 Å². The van der Waals surface area contributed by atoms with Gasteiger partial charge in [0.2, 0.25) is 0 Å². The van der Waals surface area contributed by atoms with E-state index in [-0.39, 0.29) is 11.6 Å². The summed E-state index contributed by atoms with van der Waals surface area (Å²) in [6.45, 7) is 4.15. The highest BCUT2D eigenvalue weighted by Gasteiger charge is 2.21. The van der Waals surface area contributed by atoms with E-state index in [0.29, 0.717) is 11.5 Å². The van der Waals surface area contributed by atoms with E-state index in [1.807, 2.05) is 19.9 Å². The van der Waals surface area contributed by atoms with Crippen LogP contribution < -0.4 is 0 Å². The van der Waals surface area contributed by atoms with Crippen molar-refractivity contribution < 1.29 is 4.92 Å². The number of nitrogens with zero attached hydrogens (tertiary/aromatic N) is 8. The first-order valence-electron chi connectivity index (χ1n) is 8.19. The smallest absolute Gasteiger partial charge is 0.358 e. The molecule has 0 aliphatic heterocycles. The molecule has 0 bridgehead atoms. The molecular weight excluding hydrogens is 404 g/mol. The maximum Gasteiger partial charge on any atom is 0.408 e. The molecule has 5 aromatic heterocycles. The Morgan fingerprint density at radius 1 is 1.29 bits per heavy atom. The fourth-order valence-corrected chi connectivity index (χ4v) is 4.66. The van der Waals surface area contributed by atoms with E-state index in [4.69, 9.17) is 11.6 Å². The van der Waals surface area contributed by atoms with Crippen LogP contribution in [0.1, 0.15) is 17.1 Å². The first-order valence-corrected chi connectivity index (χ1v) is 9.38. The number of nitro groups is 1. The van der Waals surface area contributed by atoms with Gasteiger partial charge in [0, 0.05) is 11.1 Å². The molecule has 0 saturated heterocycles. The molecule has 10 nitrogen and oxygen atoms in total. The molecule has 0 spiro atoms. The zero-order valence-corrected chi connectivity index (χ0v) is 16.2. The third kappa shape index (κ3) is 2.51. The summed E-state index contributed by atoms with van der Waals surface area (Å²) in [5.41, 5.74) is 3.57. The highest BCUT2D eigenvalue weighted by molar-refractivity contribution is 7.26. The van der Waals surface area contributed by atoms with Gasteiger partial charge in [0.15, 0.2) is 16.5 Å². The fourth-order valence-electron chi connectivity index (χ4n) is 3.22. The van der Waals surface area contributed by atoms with Gasteiger partial charge in [-0.25, -0.2) is 19.5 Å². The van der Waals surface area contributed by atoms with Crippen molar-refractivity contribution >= 4 is 54.8 Å². The van der Waals surface area contributed by atoms with Gasteiger partial charge in [-0.1, -0.05) is 11.6 Å². The van der Waals surface area contributed by atoms with Gasteiger partial charge in [-0.05, 0) is 30.4 Å².